The summed E-state index contributed by atoms with van der Waals surface area (Å²) >= 11 is 0. The molecule has 1 aliphatic rings. The maximum atomic E-state index is 10.9. The molecule has 0 aliphatic heterocycles. The summed E-state index contributed by atoms with van der Waals surface area (Å²) in [6.07, 6.45) is 3.64. The van der Waals surface area contributed by atoms with Crippen LogP contribution in [0.3, 0.4) is 0 Å². The van der Waals surface area contributed by atoms with E-state index in [1.165, 1.54) is 12.5 Å². The van der Waals surface area contributed by atoms with E-state index in [9.17, 15) is 4.79 Å². The lowest BCUT2D eigenvalue weighted by atomic mass is 9.96. The number of ether oxygens (including phenoxy) is 1. The minimum Gasteiger partial charge on any atom is -0.490 e. The summed E-state index contributed by atoms with van der Waals surface area (Å²) in [5.41, 5.74) is 1.49. The maximum absolute atomic E-state index is 10.9. The highest BCUT2D eigenvalue weighted by molar-refractivity contribution is 5.87. The maximum Gasteiger partial charge on any atom is 0.353 e. The van der Waals surface area contributed by atoms with E-state index >= 15 is 0 Å². The van der Waals surface area contributed by atoms with E-state index < -0.39 is 5.97 Å². The van der Waals surface area contributed by atoms with Crippen LogP contribution in [0.5, 0.6) is 5.75 Å². The van der Waals surface area contributed by atoms with Crippen molar-refractivity contribution in [2.45, 2.75) is 25.4 Å². The van der Waals surface area contributed by atoms with Crippen LogP contribution in [0.15, 0.2) is 30.3 Å². The summed E-state index contributed by atoms with van der Waals surface area (Å²) in [6, 6.07) is 9.09. The Morgan fingerprint density at radius 2 is 2.16 bits per heavy atom. The fourth-order valence-electron chi connectivity index (χ4n) is 2.02. The van der Waals surface area contributed by atoms with Crippen molar-refractivity contribution < 1.29 is 14.6 Å². The molecule has 1 saturated carbocycles. The predicted molar refractivity (Wildman–Crippen MR) is 69.3 cm³/mol. The van der Waals surface area contributed by atoms with Crippen LogP contribution in [-0.2, 0) is 0 Å². The molecule has 5 nitrogen and oxygen atoms in total. The van der Waals surface area contributed by atoms with Gasteiger partial charge in [0.05, 0.1) is 11.8 Å². The number of rotatable bonds is 4. The standard InChI is InChI=1S/C14H14N2O3/c17-14(18)12-8-11(15-16-12)10-6-1-2-7-13(10)19-9-4-3-5-9/h1-2,6-9H,3-5H2,(H,15,16)(H,17,18). The molecule has 0 bridgehead atoms. The molecule has 2 aromatic rings. The molecule has 2 N–H and O–H groups in total. The number of nitrogens with one attached hydrogen (secondary N) is 1. The van der Waals surface area contributed by atoms with E-state index in [0.29, 0.717) is 5.69 Å². The molecular formula is C14H14N2O3. The van der Waals surface area contributed by atoms with Gasteiger partial charge in [-0.2, -0.15) is 5.10 Å². The summed E-state index contributed by atoms with van der Waals surface area (Å²) in [5.74, 6) is -0.258. The largest absolute Gasteiger partial charge is 0.490 e. The number of hydrogen-bond donors (Lipinski definition) is 2. The molecule has 0 spiro atoms. The quantitative estimate of drug-likeness (QED) is 0.884. The Morgan fingerprint density at radius 1 is 1.37 bits per heavy atom. The van der Waals surface area contributed by atoms with E-state index in [1.807, 2.05) is 24.3 Å². The number of nitrogens with zero attached hydrogens (tertiary/aromatic N) is 1. The van der Waals surface area contributed by atoms with Gasteiger partial charge in [0.15, 0.2) is 0 Å². The third-order valence-electron chi connectivity index (χ3n) is 3.32. The monoisotopic (exact) mass is 258 g/mol. The van der Waals surface area contributed by atoms with Gasteiger partial charge < -0.3 is 9.84 Å². The molecule has 0 radical (unpaired) electrons. The van der Waals surface area contributed by atoms with E-state index in [2.05, 4.69) is 10.2 Å². The van der Waals surface area contributed by atoms with E-state index in [4.69, 9.17) is 9.84 Å². The predicted octanol–water partition coefficient (Wildman–Crippen LogP) is 2.71. The average molecular weight is 258 g/mol. The highest BCUT2D eigenvalue weighted by Gasteiger charge is 2.21. The molecule has 1 aromatic carbocycles. The molecule has 98 valence electrons. The Morgan fingerprint density at radius 3 is 2.79 bits per heavy atom. The number of benzene rings is 1. The Balaban J connectivity index is 1.91. The van der Waals surface area contributed by atoms with Crippen molar-refractivity contribution in [1.29, 1.82) is 0 Å². The number of aromatic amines is 1. The molecular weight excluding hydrogens is 244 g/mol. The van der Waals surface area contributed by atoms with Crippen molar-refractivity contribution in [3.8, 4) is 17.0 Å². The number of carboxylic acids is 1. The SMILES string of the molecule is O=C(O)c1cc(-c2ccccc2OC2CCC2)n[nH]1. The van der Waals surface area contributed by atoms with Crippen LogP contribution in [0.25, 0.3) is 11.3 Å². The normalized spacial score (nSPS) is 14.9. The van der Waals surface area contributed by atoms with Crippen LogP contribution in [-0.4, -0.2) is 27.4 Å². The van der Waals surface area contributed by atoms with Gasteiger partial charge in [-0.05, 0) is 37.5 Å². The zero-order valence-corrected chi connectivity index (χ0v) is 10.3. The molecule has 0 atom stereocenters. The second kappa shape index (κ2) is 4.76. The van der Waals surface area contributed by atoms with Crippen LogP contribution in [0.2, 0.25) is 0 Å². The fraction of sp³-hybridized carbons (Fsp3) is 0.286. The first-order chi connectivity index (χ1) is 9.24. The van der Waals surface area contributed by atoms with Crippen LogP contribution in [0.4, 0.5) is 0 Å². The summed E-state index contributed by atoms with van der Waals surface area (Å²) in [7, 11) is 0. The summed E-state index contributed by atoms with van der Waals surface area (Å²) in [4.78, 5) is 10.9. The minimum absolute atomic E-state index is 0.0773. The highest BCUT2D eigenvalue weighted by Crippen LogP contribution is 2.32. The average Bonchev–Trinajstić information content (AvgIpc) is 2.84. The molecule has 3 rings (SSSR count). The molecule has 19 heavy (non-hydrogen) atoms. The zero-order valence-electron chi connectivity index (χ0n) is 10.3. The first-order valence-corrected chi connectivity index (χ1v) is 6.29. The molecule has 0 unspecified atom stereocenters. The first-order valence-electron chi connectivity index (χ1n) is 6.29. The molecule has 5 heteroatoms. The van der Waals surface area contributed by atoms with Gasteiger partial charge in [0.2, 0.25) is 0 Å². The number of H-pyrrole nitrogens is 1. The topological polar surface area (TPSA) is 75.2 Å². The van der Waals surface area contributed by atoms with Gasteiger partial charge in [-0.1, -0.05) is 12.1 Å². The van der Waals surface area contributed by atoms with Crippen molar-refractivity contribution in [1.82, 2.24) is 10.2 Å². The Bertz CT molecular complexity index is 602. The van der Waals surface area contributed by atoms with Gasteiger partial charge in [0.1, 0.15) is 11.4 Å². The highest BCUT2D eigenvalue weighted by atomic mass is 16.5. The number of aromatic nitrogens is 2. The Labute approximate surface area is 110 Å². The lowest BCUT2D eigenvalue weighted by Gasteiger charge is -2.27. The molecule has 0 saturated heterocycles. The molecule has 0 amide bonds. The van der Waals surface area contributed by atoms with E-state index in [0.717, 1.165) is 24.2 Å². The van der Waals surface area contributed by atoms with Gasteiger partial charge in [0.25, 0.3) is 0 Å². The van der Waals surface area contributed by atoms with Crippen LogP contribution in [0.1, 0.15) is 29.8 Å². The van der Waals surface area contributed by atoms with Crippen molar-refractivity contribution in [2.75, 3.05) is 0 Å². The van der Waals surface area contributed by atoms with Crippen LogP contribution < -0.4 is 4.74 Å². The third kappa shape index (κ3) is 2.31. The van der Waals surface area contributed by atoms with E-state index in [-0.39, 0.29) is 11.8 Å². The summed E-state index contributed by atoms with van der Waals surface area (Å²) in [5, 5.41) is 15.4. The Kier molecular flexibility index (Phi) is 2.95. The van der Waals surface area contributed by atoms with Gasteiger partial charge in [-0.3, -0.25) is 5.10 Å². The molecule has 1 aromatic heterocycles. The molecule has 1 aliphatic carbocycles. The third-order valence-corrected chi connectivity index (χ3v) is 3.32. The second-order valence-electron chi connectivity index (χ2n) is 4.64. The number of carbonyl (C=O) groups is 1. The van der Waals surface area contributed by atoms with Crippen LogP contribution >= 0.6 is 0 Å². The lowest BCUT2D eigenvalue weighted by molar-refractivity contribution is 0.0690. The van der Waals surface area contributed by atoms with Gasteiger partial charge in [-0.25, -0.2) is 4.79 Å². The molecule has 1 fully saturated rings. The van der Waals surface area contributed by atoms with Crippen molar-refractivity contribution in [3.63, 3.8) is 0 Å². The number of hydrogen-bond acceptors (Lipinski definition) is 3. The van der Waals surface area contributed by atoms with Crippen LogP contribution in [0, 0.1) is 0 Å². The smallest absolute Gasteiger partial charge is 0.353 e. The number of aromatic carboxylic acids is 1. The van der Waals surface area contributed by atoms with Crippen molar-refractivity contribution in [3.05, 3.63) is 36.0 Å². The minimum atomic E-state index is -1.02. The van der Waals surface area contributed by atoms with Gasteiger partial charge in [-0.15, -0.1) is 0 Å². The van der Waals surface area contributed by atoms with Gasteiger partial charge >= 0.3 is 5.97 Å². The number of carboxylic acid groups (broad SMARTS) is 1. The number of para-hydroxylation sites is 1. The van der Waals surface area contributed by atoms with Gasteiger partial charge in [0, 0.05) is 5.56 Å². The first kappa shape index (κ1) is 11.8. The Hall–Kier alpha value is -2.30. The summed E-state index contributed by atoms with van der Waals surface area (Å²) in [6.45, 7) is 0. The zero-order chi connectivity index (χ0) is 13.2. The molecule has 1 heterocycles. The summed E-state index contributed by atoms with van der Waals surface area (Å²) < 4.78 is 5.90. The van der Waals surface area contributed by atoms with Crippen molar-refractivity contribution >= 4 is 5.97 Å². The van der Waals surface area contributed by atoms with E-state index in [1.54, 1.807) is 0 Å². The fourth-order valence-corrected chi connectivity index (χ4v) is 2.02. The second-order valence-corrected chi connectivity index (χ2v) is 4.64. The van der Waals surface area contributed by atoms with Crippen molar-refractivity contribution in [2.24, 2.45) is 0 Å². The lowest BCUT2D eigenvalue weighted by Crippen LogP contribution is -2.24.